The summed E-state index contributed by atoms with van der Waals surface area (Å²) in [6.45, 7) is 0. The quantitative estimate of drug-likeness (QED) is 0.151. The molecule has 1 aliphatic rings. The second kappa shape index (κ2) is 4.98. The Hall–Kier alpha value is -0.850. The number of carbonyl (C=O) groups is 2. The van der Waals surface area contributed by atoms with E-state index < -0.39 is 0 Å². The fourth-order valence-corrected chi connectivity index (χ4v) is 0.356. The molecule has 0 fully saturated rings. The molecule has 1 rings (SSSR count). The van der Waals surface area contributed by atoms with Gasteiger partial charge in [-0.3, -0.25) is 20.7 Å². The molecule has 0 saturated carbocycles. The van der Waals surface area contributed by atoms with E-state index in [1.807, 2.05) is 10.1 Å². The third kappa shape index (κ3) is 4.07. The van der Waals surface area contributed by atoms with E-state index in [9.17, 15) is 9.59 Å². The van der Waals surface area contributed by atoms with Gasteiger partial charge in [0.05, 0.1) is 0 Å². The monoisotopic (exact) mass is 161 g/mol. The molecule has 0 aliphatic carbocycles. The lowest BCUT2D eigenvalue weighted by Crippen LogP contribution is -2.19. The molecule has 0 aromatic rings. The van der Waals surface area contributed by atoms with Gasteiger partial charge in [-0.1, -0.05) is 12.8 Å². The van der Waals surface area contributed by atoms with Gasteiger partial charge in [-0.15, -0.1) is 0 Å². The second-order valence-corrected chi connectivity index (χ2v) is 1.57. The van der Waals surface area contributed by atoms with Crippen LogP contribution < -0.4 is 16.0 Å². The molecule has 0 spiro atoms. The first-order valence-electron chi connectivity index (χ1n) is 2.33. The zero-order valence-electron chi connectivity index (χ0n) is 5.00. The number of hydrazine groups is 1. The minimum atomic E-state index is -0.329. The van der Waals surface area contributed by atoms with Crippen LogP contribution in [0.5, 0.6) is 0 Å². The van der Waals surface area contributed by atoms with Gasteiger partial charge >= 0.3 is 0 Å². The zero-order chi connectivity index (χ0) is 7.98. The molecule has 1 aliphatic heterocycles. The highest BCUT2D eigenvalue weighted by Gasteiger charge is 2.06. The van der Waals surface area contributed by atoms with Crippen molar-refractivity contribution in [2.75, 3.05) is 0 Å². The summed E-state index contributed by atoms with van der Waals surface area (Å²) in [4.78, 5) is 22.0. The molecule has 4 N–H and O–H groups in total. The first kappa shape index (κ1) is 9.15. The maximum Gasteiger partial charge on any atom is 0.250 e. The molecule has 6 heteroatoms. The van der Waals surface area contributed by atoms with Gasteiger partial charge in [0, 0.05) is 12.2 Å². The highest BCUT2D eigenvalue weighted by atomic mass is 32.1. The number of nitrogens with one attached hydrogen (secondary N) is 2. The standard InChI is InChI=1S/C4H3NO2.H4N2S/c6-3-1-2-4(7)5-3;1-2-3/h1-2H,(H,5,6,7);2-3H,1H2. The molecular weight excluding hydrogens is 154 g/mol. The first-order valence-corrected chi connectivity index (χ1v) is 2.78. The van der Waals surface area contributed by atoms with E-state index in [0.717, 1.165) is 0 Å². The minimum Gasteiger partial charge on any atom is -0.289 e. The van der Waals surface area contributed by atoms with Crippen LogP contribution in [0.3, 0.4) is 0 Å². The van der Waals surface area contributed by atoms with Crippen molar-refractivity contribution in [1.82, 2.24) is 10.1 Å². The maximum absolute atomic E-state index is 10.0. The van der Waals surface area contributed by atoms with Crippen molar-refractivity contribution in [1.29, 1.82) is 0 Å². The Balaban J connectivity index is 0.000000236. The second-order valence-electron chi connectivity index (χ2n) is 1.32. The Morgan fingerprint density at radius 2 is 1.70 bits per heavy atom. The molecular formula is C4H7N3O2S. The fourth-order valence-electron chi connectivity index (χ4n) is 0.356. The molecule has 2 amide bonds. The lowest BCUT2D eigenvalue weighted by molar-refractivity contribution is -0.123. The van der Waals surface area contributed by atoms with Crippen LogP contribution in [0.25, 0.3) is 0 Å². The van der Waals surface area contributed by atoms with Crippen molar-refractivity contribution >= 4 is 24.6 Å². The molecule has 0 radical (unpaired) electrons. The van der Waals surface area contributed by atoms with E-state index in [4.69, 9.17) is 0 Å². The van der Waals surface area contributed by atoms with Crippen LogP contribution in [0, 0.1) is 0 Å². The summed E-state index contributed by atoms with van der Waals surface area (Å²) >= 11 is 3.32. The summed E-state index contributed by atoms with van der Waals surface area (Å²) in [7, 11) is 0. The topological polar surface area (TPSA) is 84.2 Å². The largest absolute Gasteiger partial charge is 0.289 e. The Morgan fingerprint density at radius 3 is 1.80 bits per heavy atom. The summed E-state index contributed by atoms with van der Waals surface area (Å²) in [5.74, 6) is 3.80. The normalized spacial score (nSPS) is 14.2. The van der Waals surface area contributed by atoms with Crippen molar-refractivity contribution < 1.29 is 9.59 Å². The van der Waals surface area contributed by atoms with Crippen molar-refractivity contribution in [3.05, 3.63) is 12.2 Å². The number of rotatable bonds is 0. The number of carbonyl (C=O) groups excluding carboxylic acids is 2. The number of hydrogen-bond acceptors (Lipinski definition) is 5. The van der Waals surface area contributed by atoms with Gasteiger partial charge in [0.1, 0.15) is 0 Å². The fraction of sp³-hybridized carbons (Fsp3) is 0. The van der Waals surface area contributed by atoms with E-state index >= 15 is 0 Å². The Labute approximate surface area is 63.2 Å². The van der Waals surface area contributed by atoms with E-state index in [1.165, 1.54) is 12.2 Å². The Bertz CT molecular complexity index is 152. The van der Waals surface area contributed by atoms with Gasteiger partial charge in [-0.05, 0) is 0 Å². The molecule has 0 saturated heterocycles. The number of imide groups is 1. The highest BCUT2D eigenvalue weighted by molar-refractivity contribution is 7.78. The molecule has 0 unspecified atom stereocenters. The average molecular weight is 161 g/mol. The van der Waals surface area contributed by atoms with Gasteiger partial charge in [0.25, 0.3) is 11.8 Å². The van der Waals surface area contributed by atoms with Crippen LogP contribution in [-0.4, -0.2) is 11.8 Å². The Morgan fingerprint density at radius 1 is 1.40 bits per heavy atom. The summed E-state index contributed by atoms with van der Waals surface area (Å²) in [5, 5.41) is 2.03. The van der Waals surface area contributed by atoms with Crippen molar-refractivity contribution in [2.45, 2.75) is 0 Å². The van der Waals surface area contributed by atoms with Crippen LogP contribution in [0.15, 0.2) is 12.2 Å². The zero-order valence-corrected chi connectivity index (χ0v) is 5.89. The number of hydrogen-bond donors (Lipinski definition) is 4. The Kier molecular flexibility index (Phi) is 4.55. The SMILES string of the molecule is NNS.O=C1C=CC(=O)N1. The molecule has 0 bridgehead atoms. The van der Waals surface area contributed by atoms with E-state index in [1.54, 1.807) is 0 Å². The van der Waals surface area contributed by atoms with Gasteiger partial charge in [-0.2, -0.15) is 0 Å². The van der Waals surface area contributed by atoms with Crippen molar-refractivity contribution in [2.24, 2.45) is 5.84 Å². The molecule has 0 aromatic heterocycles. The summed E-state index contributed by atoms with van der Waals surface area (Å²) in [6, 6.07) is 0. The summed E-state index contributed by atoms with van der Waals surface area (Å²) < 4.78 is 0. The highest BCUT2D eigenvalue weighted by Crippen LogP contribution is 1.82. The maximum atomic E-state index is 10.0. The smallest absolute Gasteiger partial charge is 0.250 e. The predicted molar refractivity (Wildman–Crippen MR) is 38.6 cm³/mol. The number of nitrogens with two attached hydrogens (primary N) is 1. The summed E-state index contributed by atoms with van der Waals surface area (Å²) in [5.41, 5.74) is 0. The van der Waals surface area contributed by atoms with Crippen LogP contribution in [0.1, 0.15) is 0 Å². The molecule has 56 valence electrons. The molecule has 5 nitrogen and oxygen atoms in total. The van der Waals surface area contributed by atoms with Crippen molar-refractivity contribution in [3.63, 3.8) is 0 Å². The summed E-state index contributed by atoms with van der Waals surface area (Å²) in [6.07, 6.45) is 2.39. The predicted octanol–water partition coefficient (Wildman–Crippen LogP) is -1.51. The third-order valence-corrected chi connectivity index (χ3v) is 0.632. The molecule has 0 atom stereocenters. The molecule has 0 aromatic carbocycles. The van der Waals surface area contributed by atoms with Crippen LogP contribution in [0.2, 0.25) is 0 Å². The van der Waals surface area contributed by atoms with E-state index in [2.05, 4.69) is 18.7 Å². The van der Waals surface area contributed by atoms with Crippen LogP contribution >= 0.6 is 12.8 Å². The number of thiol groups is 1. The minimum absolute atomic E-state index is 0.329. The third-order valence-electron chi connectivity index (χ3n) is 0.632. The van der Waals surface area contributed by atoms with Crippen LogP contribution in [0.4, 0.5) is 0 Å². The van der Waals surface area contributed by atoms with Gasteiger partial charge in [-0.25, -0.2) is 4.83 Å². The van der Waals surface area contributed by atoms with Gasteiger partial charge < -0.3 is 0 Å². The van der Waals surface area contributed by atoms with E-state index in [-0.39, 0.29) is 11.8 Å². The lowest BCUT2D eigenvalue weighted by atomic mass is 10.6. The van der Waals surface area contributed by atoms with E-state index in [0.29, 0.717) is 0 Å². The van der Waals surface area contributed by atoms with Crippen molar-refractivity contribution in [3.8, 4) is 0 Å². The average Bonchev–Trinajstić information content (AvgIpc) is 2.17. The number of amides is 2. The van der Waals surface area contributed by atoms with Crippen LogP contribution in [-0.2, 0) is 9.59 Å². The molecule has 1 heterocycles. The van der Waals surface area contributed by atoms with Gasteiger partial charge in [0.2, 0.25) is 0 Å². The lowest BCUT2D eigenvalue weighted by Gasteiger charge is -1.80. The van der Waals surface area contributed by atoms with Gasteiger partial charge in [0.15, 0.2) is 0 Å². The first-order chi connectivity index (χ1) is 4.70. The molecule has 10 heavy (non-hydrogen) atoms.